The van der Waals surface area contributed by atoms with E-state index in [1.165, 1.54) is 0 Å². The van der Waals surface area contributed by atoms with Crippen molar-refractivity contribution in [2.24, 2.45) is 0 Å². The van der Waals surface area contributed by atoms with E-state index >= 15 is 0 Å². The Kier molecular flexibility index (Phi) is 6.56. The summed E-state index contributed by atoms with van der Waals surface area (Å²) in [7, 11) is 4.00. The van der Waals surface area contributed by atoms with Crippen molar-refractivity contribution in [2.45, 2.75) is 6.42 Å². The predicted octanol–water partition coefficient (Wildman–Crippen LogP) is 2.71. The third kappa shape index (κ3) is 4.77. The number of amides is 1. The lowest BCUT2D eigenvalue weighted by atomic mass is 10.3. The number of likely N-dealkylation sites (N-methyl/N-ethyl adjacent to an activating group) is 1. The number of hydrogen-bond acceptors (Lipinski definition) is 6. The molecule has 8 heteroatoms. The zero-order valence-electron chi connectivity index (χ0n) is 17.6. The molecule has 1 aliphatic heterocycles. The monoisotopic (exact) mass is 424 g/mol. The largest absolute Gasteiger partial charge is 0.339 e. The van der Waals surface area contributed by atoms with Gasteiger partial charge in [-0.15, -0.1) is 16.4 Å². The minimum Gasteiger partial charge on any atom is -0.339 e. The van der Waals surface area contributed by atoms with Crippen molar-refractivity contribution in [2.75, 3.05) is 53.4 Å². The van der Waals surface area contributed by atoms with E-state index in [0.29, 0.717) is 12.4 Å². The molecule has 1 amide bonds. The van der Waals surface area contributed by atoms with Crippen LogP contribution in [-0.4, -0.2) is 88.7 Å². The van der Waals surface area contributed by atoms with Gasteiger partial charge in [0.05, 0.1) is 10.6 Å². The zero-order valence-corrected chi connectivity index (χ0v) is 18.4. The highest BCUT2D eigenvalue weighted by molar-refractivity contribution is 7.13. The molecule has 1 fully saturated rings. The molecule has 0 spiro atoms. The third-order valence-electron chi connectivity index (χ3n) is 5.45. The van der Waals surface area contributed by atoms with Crippen LogP contribution in [0.5, 0.6) is 0 Å². The fourth-order valence-corrected chi connectivity index (χ4v) is 4.29. The highest BCUT2D eigenvalue weighted by atomic mass is 32.1. The Morgan fingerprint density at radius 1 is 1.10 bits per heavy atom. The van der Waals surface area contributed by atoms with Crippen LogP contribution >= 0.6 is 11.3 Å². The SMILES string of the molecule is CN1CCN(CCCN(C)C(=O)c2nc(-c3cccs3)n(-c3ccccc3)n2)CC1. The Morgan fingerprint density at radius 2 is 1.87 bits per heavy atom. The van der Waals surface area contributed by atoms with Crippen LogP contribution in [-0.2, 0) is 0 Å². The maximum atomic E-state index is 13.0. The van der Waals surface area contributed by atoms with Gasteiger partial charge in [-0.05, 0) is 43.6 Å². The molecule has 0 radical (unpaired) electrons. The predicted molar refractivity (Wildman–Crippen MR) is 120 cm³/mol. The average molecular weight is 425 g/mol. The number of aromatic nitrogens is 3. The van der Waals surface area contributed by atoms with E-state index in [0.717, 1.165) is 49.7 Å². The van der Waals surface area contributed by atoms with Crippen molar-refractivity contribution in [3.05, 3.63) is 53.7 Å². The average Bonchev–Trinajstić information content (AvgIpc) is 3.45. The van der Waals surface area contributed by atoms with Crippen molar-refractivity contribution < 1.29 is 4.79 Å². The minimum atomic E-state index is -0.138. The summed E-state index contributed by atoms with van der Waals surface area (Å²) in [6.07, 6.45) is 0.948. The Bertz CT molecular complexity index is 947. The molecule has 0 aliphatic carbocycles. The summed E-state index contributed by atoms with van der Waals surface area (Å²) < 4.78 is 1.76. The van der Waals surface area contributed by atoms with Gasteiger partial charge in [-0.2, -0.15) is 0 Å². The number of piperazine rings is 1. The van der Waals surface area contributed by atoms with Crippen LogP contribution in [0.1, 0.15) is 17.0 Å². The molecule has 30 heavy (non-hydrogen) atoms. The van der Waals surface area contributed by atoms with E-state index in [9.17, 15) is 4.79 Å². The number of nitrogens with zero attached hydrogens (tertiary/aromatic N) is 6. The Labute approximate surface area is 181 Å². The first kappa shape index (κ1) is 20.7. The van der Waals surface area contributed by atoms with Crippen LogP contribution in [0.3, 0.4) is 0 Å². The highest BCUT2D eigenvalue weighted by Crippen LogP contribution is 2.25. The van der Waals surface area contributed by atoms with Crippen molar-refractivity contribution in [3.8, 4) is 16.4 Å². The summed E-state index contributed by atoms with van der Waals surface area (Å²) in [5.74, 6) is 0.801. The van der Waals surface area contributed by atoms with E-state index in [-0.39, 0.29) is 11.7 Å². The number of carbonyl (C=O) groups excluding carboxylic acids is 1. The van der Waals surface area contributed by atoms with Gasteiger partial charge in [0, 0.05) is 39.8 Å². The van der Waals surface area contributed by atoms with Gasteiger partial charge in [0.15, 0.2) is 5.82 Å². The third-order valence-corrected chi connectivity index (χ3v) is 6.32. The zero-order chi connectivity index (χ0) is 20.9. The summed E-state index contributed by atoms with van der Waals surface area (Å²) >= 11 is 1.59. The van der Waals surface area contributed by atoms with Crippen molar-refractivity contribution >= 4 is 17.2 Å². The quantitative estimate of drug-likeness (QED) is 0.584. The molecule has 0 atom stereocenters. The van der Waals surface area contributed by atoms with Gasteiger partial charge < -0.3 is 14.7 Å². The molecule has 0 bridgehead atoms. The van der Waals surface area contributed by atoms with Crippen LogP contribution in [0.4, 0.5) is 0 Å². The normalized spacial score (nSPS) is 15.4. The number of hydrogen-bond donors (Lipinski definition) is 0. The summed E-state index contributed by atoms with van der Waals surface area (Å²) in [6, 6.07) is 13.8. The molecule has 0 N–H and O–H groups in total. The van der Waals surface area contributed by atoms with Crippen LogP contribution in [0.2, 0.25) is 0 Å². The molecule has 4 rings (SSSR count). The molecule has 2 aromatic heterocycles. The molecular weight excluding hydrogens is 396 g/mol. The topological polar surface area (TPSA) is 57.5 Å². The van der Waals surface area contributed by atoms with Crippen LogP contribution in [0.25, 0.3) is 16.4 Å². The minimum absolute atomic E-state index is 0.138. The summed E-state index contributed by atoms with van der Waals surface area (Å²) in [4.78, 5) is 25.2. The van der Waals surface area contributed by atoms with Gasteiger partial charge >= 0.3 is 0 Å². The first-order valence-corrected chi connectivity index (χ1v) is 11.2. The smallest absolute Gasteiger partial charge is 0.293 e. The molecule has 0 unspecified atom stereocenters. The summed E-state index contributed by atoms with van der Waals surface area (Å²) in [5, 5.41) is 6.57. The van der Waals surface area contributed by atoms with Gasteiger partial charge in [0.1, 0.15) is 0 Å². The number of thiophene rings is 1. The second kappa shape index (κ2) is 9.51. The van der Waals surface area contributed by atoms with Crippen molar-refractivity contribution in [1.29, 1.82) is 0 Å². The lowest BCUT2D eigenvalue weighted by Gasteiger charge is -2.32. The van der Waals surface area contributed by atoms with Gasteiger partial charge in [-0.1, -0.05) is 24.3 Å². The van der Waals surface area contributed by atoms with Crippen molar-refractivity contribution in [3.63, 3.8) is 0 Å². The van der Waals surface area contributed by atoms with Gasteiger partial charge in [0.25, 0.3) is 5.91 Å². The van der Waals surface area contributed by atoms with Gasteiger partial charge in [0.2, 0.25) is 5.82 Å². The highest BCUT2D eigenvalue weighted by Gasteiger charge is 2.22. The second-order valence-electron chi connectivity index (χ2n) is 7.71. The summed E-state index contributed by atoms with van der Waals surface area (Å²) in [6.45, 7) is 6.13. The number of para-hydroxylation sites is 1. The molecule has 1 saturated heterocycles. The second-order valence-corrected chi connectivity index (χ2v) is 8.66. The molecule has 1 aliphatic rings. The molecule has 3 heterocycles. The Hall–Kier alpha value is -2.55. The Morgan fingerprint density at radius 3 is 2.57 bits per heavy atom. The molecule has 0 saturated carbocycles. The number of benzene rings is 1. The van der Waals surface area contributed by atoms with Crippen LogP contribution < -0.4 is 0 Å². The van der Waals surface area contributed by atoms with E-state index in [1.807, 2.05) is 54.9 Å². The van der Waals surface area contributed by atoms with Crippen LogP contribution in [0.15, 0.2) is 47.8 Å². The molecular formula is C22H28N6OS. The fraction of sp³-hybridized carbons (Fsp3) is 0.409. The first-order valence-electron chi connectivity index (χ1n) is 10.3. The van der Waals surface area contributed by atoms with Gasteiger partial charge in [-0.25, -0.2) is 9.67 Å². The van der Waals surface area contributed by atoms with Crippen LogP contribution in [0, 0.1) is 0 Å². The van der Waals surface area contributed by atoms with E-state index < -0.39 is 0 Å². The standard InChI is InChI=1S/C22H28N6OS/c1-25-13-15-27(16-14-25)12-7-11-26(2)22(29)20-23-21(19-10-6-17-30-19)28(24-20)18-8-4-3-5-9-18/h3-6,8-10,17H,7,11-16H2,1-2H3. The molecule has 1 aromatic carbocycles. The van der Waals surface area contributed by atoms with E-state index in [4.69, 9.17) is 0 Å². The molecule has 7 nitrogen and oxygen atoms in total. The molecule has 158 valence electrons. The lowest BCUT2D eigenvalue weighted by molar-refractivity contribution is 0.0771. The van der Waals surface area contributed by atoms with Gasteiger partial charge in [-0.3, -0.25) is 4.79 Å². The number of carbonyl (C=O) groups is 1. The fourth-order valence-electron chi connectivity index (χ4n) is 3.59. The lowest BCUT2D eigenvalue weighted by Crippen LogP contribution is -2.45. The maximum Gasteiger partial charge on any atom is 0.293 e. The maximum absolute atomic E-state index is 13.0. The first-order chi connectivity index (χ1) is 14.6. The van der Waals surface area contributed by atoms with E-state index in [2.05, 4.69) is 26.9 Å². The van der Waals surface area contributed by atoms with Crippen molar-refractivity contribution in [1.82, 2.24) is 29.5 Å². The molecule has 3 aromatic rings. The number of rotatable bonds is 7. The summed E-state index contributed by atoms with van der Waals surface area (Å²) in [5.41, 5.74) is 0.894. The van der Waals surface area contributed by atoms with E-state index in [1.54, 1.807) is 20.9 Å². The Balaban J connectivity index is 1.44.